The van der Waals surface area contributed by atoms with Crippen molar-refractivity contribution in [3.8, 4) is 0 Å². The molecule has 1 aliphatic rings. The van der Waals surface area contributed by atoms with Crippen molar-refractivity contribution in [3.63, 3.8) is 0 Å². The van der Waals surface area contributed by atoms with Crippen LogP contribution in [0.2, 0.25) is 19.6 Å². The van der Waals surface area contributed by atoms with E-state index in [1.165, 1.54) is 11.6 Å². The molecule has 0 amide bonds. The van der Waals surface area contributed by atoms with Crippen molar-refractivity contribution >= 4 is 14.3 Å². The highest BCUT2D eigenvalue weighted by atomic mass is 28.4. The molecule has 126 valence electrons. The largest absolute Gasteiger partial charge is 0.457 e. The number of hydrogen-bond acceptors (Lipinski definition) is 4. The summed E-state index contributed by atoms with van der Waals surface area (Å²) in [7, 11) is -1.75. The quantitative estimate of drug-likeness (QED) is 0.588. The zero-order chi connectivity index (χ0) is 17.3. The Bertz CT molecular complexity index is 596. The number of benzene rings is 1. The number of carbonyl (C=O) groups excluding carboxylic acids is 1. The van der Waals surface area contributed by atoms with Gasteiger partial charge in [-0.05, 0) is 32.1 Å². The summed E-state index contributed by atoms with van der Waals surface area (Å²) in [5.41, 5.74) is 2.30. The molecule has 0 spiro atoms. The van der Waals surface area contributed by atoms with Gasteiger partial charge in [-0.2, -0.15) is 0 Å². The van der Waals surface area contributed by atoms with E-state index in [0.29, 0.717) is 12.2 Å². The maximum Gasteiger partial charge on any atom is 0.337 e. The van der Waals surface area contributed by atoms with Gasteiger partial charge in [0.2, 0.25) is 5.79 Å². The summed E-state index contributed by atoms with van der Waals surface area (Å²) >= 11 is 0. The van der Waals surface area contributed by atoms with Crippen LogP contribution in [0.15, 0.2) is 36.1 Å². The average Bonchev–Trinajstić information content (AvgIpc) is 2.34. The van der Waals surface area contributed by atoms with Crippen molar-refractivity contribution in [2.24, 2.45) is 0 Å². The summed E-state index contributed by atoms with van der Waals surface area (Å²) in [6, 6.07) is 8.30. The van der Waals surface area contributed by atoms with Crippen LogP contribution in [0.5, 0.6) is 0 Å². The Morgan fingerprint density at radius 2 is 1.74 bits per heavy atom. The molecule has 1 heterocycles. The first-order chi connectivity index (χ1) is 10.5. The molecule has 1 aliphatic heterocycles. The van der Waals surface area contributed by atoms with Crippen LogP contribution in [0.1, 0.15) is 37.5 Å². The zero-order valence-electron chi connectivity index (χ0n) is 14.8. The molecule has 1 atom stereocenters. The summed E-state index contributed by atoms with van der Waals surface area (Å²) in [5.74, 6) is -0.694. The topological polar surface area (TPSA) is 44.8 Å². The van der Waals surface area contributed by atoms with Crippen molar-refractivity contribution in [3.05, 3.63) is 47.2 Å². The molecule has 0 aromatic heterocycles. The SMILES string of the molecule is Cc1ccc(C(CC2=CC(=O)OC(C)(C)O2)O[Si](C)(C)C)cc1. The van der Waals surface area contributed by atoms with Crippen LogP contribution in [-0.2, 0) is 18.7 Å². The molecule has 0 saturated carbocycles. The second-order valence-electron chi connectivity index (χ2n) is 7.37. The summed E-state index contributed by atoms with van der Waals surface area (Å²) < 4.78 is 17.3. The van der Waals surface area contributed by atoms with E-state index in [0.717, 1.165) is 5.56 Å². The third kappa shape index (κ3) is 5.52. The van der Waals surface area contributed by atoms with E-state index in [2.05, 4.69) is 50.8 Å². The van der Waals surface area contributed by atoms with Crippen molar-refractivity contribution < 1.29 is 18.7 Å². The zero-order valence-corrected chi connectivity index (χ0v) is 15.8. The number of aryl methyl sites for hydroxylation is 1. The molecule has 0 saturated heterocycles. The normalized spacial score (nSPS) is 18.7. The van der Waals surface area contributed by atoms with E-state index in [1.807, 2.05) is 0 Å². The number of cyclic esters (lactones) is 1. The van der Waals surface area contributed by atoms with Gasteiger partial charge >= 0.3 is 5.97 Å². The molecule has 4 nitrogen and oxygen atoms in total. The van der Waals surface area contributed by atoms with Gasteiger partial charge in [-0.1, -0.05) is 29.8 Å². The van der Waals surface area contributed by atoms with Gasteiger partial charge in [0, 0.05) is 20.3 Å². The number of ether oxygens (including phenoxy) is 2. The van der Waals surface area contributed by atoms with Crippen LogP contribution in [0, 0.1) is 6.92 Å². The van der Waals surface area contributed by atoms with Crippen molar-refractivity contribution in [1.82, 2.24) is 0 Å². The van der Waals surface area contributed by atoms with Crippen LogP contribution >= 0.6 is 0 Å². The maximum absolute atomic E-state index is 11.7. The molecule has 1 aromatic carbocycles. The van der Waals surface area contributed by atoms with Crippen molar-refractivity contribution in [1.29, 1.82) is 0 Å². The highest BCUT2D eigenvalue weighted by Crippen LogP contribution is 2.33. The predicted molar refractivity (Wildman–Crippen MR) is 92.3 cm³/mol. The molecule has 0 aliphatic carbocycles. The fourth-order valence-electron chi connectivity index (χ4n) is 2.49. The molecule has 1 unspecified atom stereocenters. The number of carbonyl (C=O) groups is 1. The lowest BCUT2D eigenvalue weighted by molar-refractivity contribution is -0.206. The summed E-state index contributed by atoms with van der Waals surface area (Å²) in [4.78, 5) is 11.7. The van der Waals surface area contributed by atoms with Crippen LogP contribution in [0.3, 0.4) is 0 Å². The minimum atomic E-state index is -1.75. The van der Waals surface area contributed by atoms with Gasteiger partial charge in [-0.15, -0.1) is 0 Å². The Morgan fingerprint density at radius 3 is 2.26 bits per heavy atom. The van der Waals surface area contributed by atoms with E-state index < -0.39 is 14.1 Å². The smallest absolute Gasteiger partial charge is 0.337 e. The van der Waals surface area contributed by atoms with Crippen molar-refractivity contribution in [2.45, 2.75) is 58.7 Å². The molecule has 0 bridgehead atoms. The van der Waals surface area contributed by atoms with Crippen LogP contribution in [0.25, 0.3) is 0 Å². The van der Waals surface area contributed by atoms with Crippen LogP contribution in [-0.4, -0.2) is 20.1 Å². The maximum atomic E-state index is 11.7. The minimum absolute atomic E-state index is 0.129. The van der Waals surface area contributed by atoms with Gasteiger partial charge < -0.3 is 13.9 Å². The lowest BCUT2D eigenvalue weighted by Crippen LogP contribution is -2.35. The molecule has 0 radical (unpaired) electrons. The van der Waals surface area contributed by atoms with Gasteiger partial charge in [0.25, 0.3) is 0 Å². The van der Waals surface area contributed by atoms with E-state index in [9.17, 15) is 4.79 Å². The highest BCUT2D eigenvalue weighted by molar-refractivity contribution is 6.69. The highest BCUT2D eigenvalue weighted by Gasteiger charge is 2.32. The fraction of sp³-hybridized carbons (Fsp3) is 0.500. The molecule has 2 rings (SSSR count). The summed E-state index contributed by atoms with van der Waals surface area (Å²) in [6.07, 6.45) is 1.81. The Balaban J connectivity index is 2.24. The van der Waals surface area contributed by atoms with Gasteiger partial charge in [0.15, 0.2) is 8.32 Å². The fourth-order valence-corrected chi connectivity index (χ4v) is 3.56. The Hall–Kier alpha value is -1.59. The first-order valence-corrected chi connectivity index (χ1v) is 11.3. The summed E-state index contributed by atoms with van der Waals surface area (Å²) in [5, 5.41) is 0. The van der Waals surface area contributed by atoms with E-state index in [1.54, 1.807) is 13.8 Å². The Labute approximate surface area is 139 Å². The first-order valence-electron chi connectivity index (χ1n) is 7.91. The van der Waals surface area contributed by atoms with Gasteiger partial charge in [-0.25, -0.2) is 4.79 Å². The number of rotatable bonds is 5. The van der Waals surface area contributed by atoms with E-state index in [-0.39, 0.29) is 12.1 Å². The van der Waals surface area contributed by atoms with Gasteiger partial charge in [0.1, 0.15) is 5.76 Å². The lowest BCUT2D eigenvalue weighted by atomic mass is 10.0. The van der Waals surface area contributed by atoms with Crippen molar-refractivity contribution in [2.75, 3.05) is 0 Å². The minimum Gasteiger partial charge on any atom is -0.457 e. The average molecular weight is 334 g/mol. The van der Waals surface area contributed by atoms with Crippen LogP contribution in [0.4, 0.5) is 0 Å². The monoisotopic (exact) mass is 334 g/mol. The van der Waals surface area contributed by atoms with Gasteiger partial charge in [0.05, 0.1) is 12.2 Å². The molecule has 0 fully saturated rings. The third-order valence-electron chi connectivity index (χ3n) is 3.33. The number of esters is 1. The number of hydrogen-bond donors (Lipinski definition) is 0. The molecule has 1 aromatic rings. The molecule has 0 N–H and O–H groups in total. The Morgan fingerprint density at radius 1 is 1.13 bits per heavy atom. The van der Waals surface area contributed by atoms with Gasteiger partial charge in [-0.3, -0.25) is 0 Å². The molecule has 5 heteroatoms. The Kier molecular flexibility index (Phi) is 5.01. The van der Waals surface area contributed by atoms with Crippen LogP contribution < -0.4 is 0 Å². The standard InChI is InChI=1S/C18H26O4Si/c1-13-7-9-14(10-8-13)16(22-23(4,5)6)11-15-12-17(19)21-18(2,3)20-15/h7-10,12,16H,11H2,1-6H3. The predicted octanol–water partition coefficient (Wildman–Crippen LogP) is 4.47. The molecule has 23 heavy (non-hydrogen) atoms. The lowest BCUT2D eigenvalue weighted by Gasteiger charge is -2.33. The second-order valence-corrected chi connectivity index (χ2v) is 11.8. The first kappa shape index (κ1) is 17.8. The molecular formula is C18H26O4Si. The summed E-state index contributed by atoms with van der Waals surface area (Å²) in [6.45, 7) is 12.0. The third-order valence-corrected chi connectivity index (χ3v) is 4.33. The van der Waals surface area contributed by atoms with E-state index in [4.69, 9.17) is 13.9 Å². The van der Waals surface area contributed by atoms with E-state index >= 15 is 0 Å². The second kappa shape index (κ2) is 6.49. The molecular weight excluding hydrogens is 308 g/mol.